The van der Waals surface area contributed by atoms with Crippen molar-refractivity contribution in [3.63, 3.8) is 0 Å². The van der Waals surface area contributed by atoms with Gasteiger partial charge in [0.25, 0.3) is 0 Å². The van der Waals surface area contributed by atoms with Gasteiger partial charge in [-0.3, -0.25) is 4.98 Å². The first kappa shape index (κ1) is 14.3. The second-order valence-corrected chi connectivity index (χ2v) is 5.97. The van der Waals surface area contributed by atoms with Crippen molar-refractivity contribution in [1.82, 2.24) is 10.3 Å². The minimum atomic E-state index is 0.250. The highest BCUT2D eigenvalue weighted by Gasteiger charge is 2.30. The SMILES string of the molecule is CCC1CCC(NC)C(Oc2cccc3ncccc23)C1. The molecule has 3 rings (SSSR count). The first-order chi connectivity index (χ1) is 10.3. The number of hydrogen-bond acceptors (Lipinski definition) is 3. The standard InChI is InChI=1S/C18H24N2O/c1-3-13-9-10-16(19-2)18(12-13)21-17-8-4-7-15-14(17)6-5-11-20-15/h4-8,11,13,16,18-19H,3,9-10,12H2,1-2H3. The zero-order valence-electron chi connectivity index (χ0n) is 12.9. The smallest absolute Gasteiger partial charge is 0.129 e. The number of likely N-dealkylation sites (N-methyl/N-ethyl adjacent to an activating group) is 1. The van der Waals surface area contributed by atoms with Crippen LogP contribution in [0.2, 0.25) is 0 Å². The lowest BCUT2D eigenvalue weighted by Gasteiger charge is -2.36. The van der Waals surface area contributed by atoms with E-state index in [0.29, 0.717) is 6.04 Å². The maximum atomic E-state index is 6.40. The van der Waals surface area contributed by atoms with Crippen molar-refractivity contribution < 1.29 is 4.74 Å². The summed E-state index contributed by atoms with van der Waals surface area (Å²) in [4.78, 5) is 4.41. The van der Waals surface area contributed by atoms with Crippen molar-refractivity contribution in [1.29, 1.82) is 0 Å². The molecular weight excluding hydrogens is 260 g/mol. The summed E-state index contributed by atoms with van der Waals surface area (Å²) in [6.45, 7) is 2.28. The fourth-order valence-electron chi connectivity index (χ4n) is 3.38. The quantitative estimate of drug-likeness (QED) is 0.927. The van der Waals surface area contributed by atoms with Gasteiger partial charge in [-0.05, 0) is 56.5 Å². The van der Waals surface area contributed by atoms with Crippen LogP contribution in [0, 0.1) is 5.92 Å². The summed E-state index contributed by atoms with van der Waals surface area (Å²) >= 11 is 0. The van der Waals surface area contributed by atoms with E-state index in [0.717, 1.165) is 29.0 Å². The third-order valence-electron chi connectivity index (χ3n) is 4.73. The minimum absolute atomic E-state index is 0.250. The van der Waals surface area contributed by atoms with Gasteiger partial charge in [-0.25, -0.2) is 0 Å². The predicted octanol–water partition coefficient (Wildman–Crippen LogP) is 3.78. The van der Waals surface area contributed by atoms with E-state index in [4.69, 9.17) is 4.74 Å². The molecule has 0 bridgehead atoms. The van der Waals surface area contributed by atoms with E-state index in [2.05, 4.69) is 29.4 Å². The summed E-state index contributed by atoms with van der Waals surface area (Å²) in [5.74, 6) is 1.75. The Bertz CT molecular complexity index is 593. The van der Waals surface area contributed by atoms with Crippen molar-refractivity contribution in [2.75, 3.05) is 7.05 Å². The fourth-order valence-corrected chi connectivity index (χ4v) is 3.38. The number of pyridine rings is 1. The lowest BCUT2D eigenvalue weighted by molar-refractivity contribution is 0.0897. The van der Waals surface area contributed by atoms with E-state index in [-0.39, 0.29) is 6.10 Å². The molecule has 0 radical (unpaired) electrons. The summed E-state index contributed by atoms with van der Waals surface area (Å²) < 4.78 is 6.40. The number of fused-ring (bicyclic) bond motifs is 1. The third-order valence-corrected chi connectivity index (χ3v) is 4.73. The molecule has 0 spiro atoms. The predicted molar refractivity (Wildman–Crippen MR) is 86.6 cm³/mol. The summed E-state index contributed by atoms with van der Waals surface area (Å²) in [6.07, 6.45) is 6.96. The van der Waals surface area contributed by atoms with Gasteiger partial charge in [-0.2, -0.15) is 0 Å². The molecule has 1 aromatic heterocycles. The molecule has 1 fully saturated rings. The molecule has 3 unspecified atom stereocenters. The Morgan fingerprint density at radius 3 is 2.95 bits per heavy atom. The summed E-state index contributed by atoms with van der Waals surface area (Å²) in [7, 11) is 2.04. The Kier molecular flexibility index (Phi) is 4.39. The van der Waals surface area contributed by atoms with Crippen LogP contribution in [0.25, 0.3) is 10.9 Å². The Hall–Kier alpha value is -1.61. The van der Waals surface area contributed by atoms with Gasteiger partial charge in [-0.1, -0.05) is 19.4 Å². The van der Waals surface area contributed by atoms with Gasteiger partial charge in [0.15, 0.2) is 0 Å². The van der Waals surface area contributed by atoms with E-state index < -0.39 is 0 Å². The maximum absolute atomic E-state index is 6.40. The van der Waals surface area contributed by atoms with Gasteiger partial charge in [0.2, 0.25) is 0 Å². The van der Waals surface area contributed by atoms with Crippen molar-refractivity contribution in [3.05, 3.63) is 36.5 Å². The van der Waals surface area contributed by atoms with Crippen molar-refractivity contribution >= 4 is 10.9 Å². The van der Waals surface area contributed by atoms with E-state index >= 15 is 0 Å². The Balaban J connectivity index is 1.85. The number of rotatable bonds is 4. The van der Waals surface area contributed by atoms with Crippen molar-refractivity contribution in [3.8, 4) is 5.75 Å². The molecule has 3 heteroatoms. The molecule has 21 heavy (non-hydrogen) atoms. The van der Waals surface area contributed by atoms with Crippen LogP contribution in [0.4, 0.5) is 0 Å². The van der Waals surface area contributed by atoms with Gasteiger partial charge in [0.1, 0.15) is 11.9 Å². The summed E-state index contributed by atoms with van der Waals surface area (Å²) in [5.41, 5.74) is 0.999. The fraction of sp³-hybridized carbons (Fsp3) is 0.500. The average Bonchev–Trinajstić information content (AvgIpc) is 2.55. The number of benzene rings is 1. The van der Waals surface area contributed by atoms with E-state index in [1.54, 1.807) is 0 Å². The lowest BCUT2D eigenvalue weighted by Crippen LogP contribution is -2.45. The van der Waals surface area contributed by atoms with E-state index in [1.807, 2.05) is 31.4 Å². The van der Waals surface area contributed by atoms with Crippen LogP contribution in [0.1, 0.15) is 32.6 Å². The van der Waals surface area contributed by atoms with Gasteiger partial charge in [0.05, 0.1) is 5.52 Å². The highest BCUT2D eigenvalue weighted by atomic mass is 16.5. The summed E-state index contributed by atoms with van der Waals surface area (Å²) in [5, 5.41) is 4.53. The largest absolute Gasteiger partial charge is 0.488 e. The van der Waals surface area contributed by atoms with Crippen molar-refractivity contribution in [2.24, 2.45) is 5.92 Å². The van der Waals surface area contributed by atoms with Crippen LogP contribution in [0.5, 0.6) is 5.75 Å². The molecule has 1 saturated carbocycles. The van der Waals surface area contributed by atoms with Crippen LogP contribution >= 0.6 is 0 Å². The van der Waals surface area contributed by atoms with E-state index in [9.17, 15) is 0 Å². The molecule has 2 aromatic rings. The van der Waals surface area contributed by atoms with Crippen LogP contribution in [-0.2, 0) is 0 Å². The number of aromatic nitrogens is 1. The molecule has 0 saturated heterocycles. The monoisotopic (exact) mass is 284 g/mol. The van der Waals surface area contributed by atoms with Crippen molar-refractivity contribution in [2.45, 2.75) is 44.8 Å². The Morgan fingerprint density at radius 1 is 1.24 bits per heavy atom. The van der Waals surface area contributed by atoms with Gasteiger partial charge in [-0.15, -0.1) is 0 Å². The maximum Gasteiger partial charge on any atom is 0.129 e. The molecule has 112 valence electrons. The lowest BCUT2D eigenvalue weighted by atomic mass is 9.82. The first-order valence-electron chi connectivity index (χ1n) is 7.99. The van der Waals surface area contributed by atoms with Gasteiger partial charge < -0.3 is 10.1 Å². The molecule has 0 aliphatic heterocycles. The molecule has 1 aliphatic carbocycles. The molecule has 1 N–H and O–H groups in total. The average molecular weight is 284 g/mol. The van der Waals surface area contributed by atoms with Gasteiger partial charge >= 0.3 is 0 Å². The second kappa shape index (κ2) is 6.44. The minimum Gasteiger partial charge on any atom is -0.488 e. The number of hydrogen-bond donors (Lipinski definition) is 1. The zero-order valence-corrected chi connectivity index (χ0v) is 12.9. The third kappa shape index (κ3) is 3.03. The second-order valence-electron chi connectivity index (χ2n) is 5.97. The first-order valence-corrected chi connectivity index (χ1v) is 7.99. The molecule has 1 aromatic carbocycles. The number of nitrogens with one attached hydrogen (secondary N) is 1. The zero-order chi connectivity index (χ0) is 14.7. The molecule has 1 heterocycles. The van der Waals surface area contributed by atoms with Crippen LogP contribution < -0.4 is 10.1 Å². The number of ether oxygens (including phenoxy) is 1. The topological polar surface area (TPSA) is 34.1 Å². The molecule has 1 aliphatic rings. The molecule has 3 atom stereocenters. The van der Waals surface area contributed by atoms with Crippen LogP contribution in [0.3, 0.4) is 0 Å². The van der Waals surface area contributed by atoms with Crippen LogP contribution in [-0.4, -0.2) is 24.2 Å². The van der Waals surface area contributed by atoms with Gasteiger partial charge in [0, 0.05) is 17.6 Å². The normalized spacial score (nSPS) is 25.9. The highest BCUT2D eigenvalue weighted by molar-refractivity contribution is 5.84. The molecule has 0 amide bonds. The number of nitrogens with zero attached hydrogens (tertiary/aromatic N) is 1. The Morgan fingerprint density at radius 2 is 2.14 bits per heavy atom. The highest BCUT2D eigenvalue weighted by Crippen LogP contribution is 2.32. The summed E-state index contributed by atoms with van der Waals surface area (Å²) in [6, 6.07) is 10.6. The van der Waals surface area contributed by atoms with E-state index in [1.165, 1.54) is 19.3 Å². The van der Waals surface area contributed by atoms with Crippen LogP contribution in [0.15, 0.2) is 36.5 Å². The molecular formula is C18H24N2O. The Labute approximate surface area is 126 Å². The molecule has 3 nitrogen and oxygen atoms in total.